The minimum absolute atomic E-state index is 0.0510. The van der Waals surface area contributed by atoms with Crippen LogP contribution in [0.25, 0.3) is 10.6 Å². The van der Waals surface area contributed by atoms with E-state index in [-0.39, 0.29) is 6.10 Å². The fraction of sp³-hybridized carbons (Fsp3) is 0.308. The molecule has 1 atom stereocenters. The Morgan fingerprint density at radius 3 is 2.65 bits per heavy atom. The van der Waals surface area contributed by atoms with E-state index in [1.165, 1.54) is 0 Å². The van der Waals surface area contributed by atoms with Gasteiger partial charge in [-0.1, -0.05) is 30.3 Å². The maximum atomic E-state index is 5.69. The average Bonchev–Trinajstić information content (AvgIpc) is 2.75. The Morgan fingerprint density at radius 1 is 1.35 bits per heavy atom. The third kappa shape index (κ3) is 2.54. The number of aromatic nitrogens is 1. The average molecular weight is 248 g/mol. The summed E-state index contributed by atoms with van der Waals surface area (Å²) in [6.07, 6.45) is -0.0510. The number of aryl methyl sites for hydroxylation is 1. The van der Waals surface area contributed by atoms with Gasteiger partial charge in [-0.25, -0.2) is 4.98 Å². The van der Waals surface area contributed by atoms with Crippen LogP contribution in [-0.2, 0) is 4.74 Å². The first-order chi connectivity index (χ1) is 8.26. The lowest BCUT2D eigenvalue weighted by Gasteiger charge is -2.10. The Labute approximate surface area is 105 Å². The molecular formula is C13H16N2OS. The third-order valence-electron chi connectivity index (χ3n) is 2.64. The first-order valence-electron chi connectivity index (χ1n) is 5.52. The molecule has 2 rings (SSSR count). The molecule has 0 aliphatic carbocycles. The molecule has 0 spiro atoms. The molecule has 0 radical (unpaired) electrons. The van der Waals surface area contributed by atoms with Gasteiger partial charge in [0.15, 0.2) is 0 Å². The second-order valence-electron chi connectivity index (χ2n) is 3.79. The van der Waals surface area contributed by atoms with Crippen LogP contribution in [0.15, 0.2) is 30.3 Å². The Balaban J connectivity index is 2.37. The smallest absolute Gasteiger partial charge is 0.123 e. The third-order valence-corrected chi connectivity index (χ3v) is 3.94. The van der Waals surface area contributed by atoms with Crippen LogP contribution in [0.5, 0.6) is 0 Å². The van der Waals surface area contributed by atoms with Gasteiger partial charge in [0, 0.05) is 19.2 Å². The lowest BCUT2D eigenvalue weighted by Crippen LogP contribution is -2.13. The molecule has 0 fully saturated rings. The van der Waals surface area contributed by atoms with E-state index in [1.54, 1.807) is 18.4 Å². The molecule has 2 aromatic rings. The Kier molecular flexibility index (Phi) is 3.89. The van der Waals surface area contributed by atoms with Gasteiger partial charge < -0.3 is 10.5 Å². The molecule has 3 nitrogen and oxygen atoms in total. The van der Waals surface area contributed by atoms with Crippen LogP contribution >= 0.6 is 11.3 Å². The first-order valence-corrected chi connectivity index (χ1v) is 6.33. The van der Waals surface area contributed by atoms with Gasteiger partial charge in [-0.15, -0.1) is 11.3 Å². The van der Waals surface area contributed by atoms with Gasteiger partial charge in [0.05, 0.1) is 10.6 Å². The van der Waals surface area contributed by atoms with Gasteiger partial charge in [0.1, 0.15) is 11.1 Å². The minimum Gasteiger partial charge on any atom is -0.375 e. The highest BCUT2D eigenvalue weighted by Gasteiger charge is 2.17. The maximum absolute atomic E-state index is 5.69. The zero-order valence-electron chi connectivity index (χ0n) is 10.0. The number of rotatable bonds is 4. The van der Waals surface area contributed by atoms with Crippen molar-refractivity contribution < 1.29 is 4.74 Å². The van der Waals surface area contributed by atoms with Crippen molar-refractivity contribution >= 4 is 11.3 Å². The zero-order valence-corrected chi connectivity index (χ0v) is 10.8. The van der Waals surface area contributed by atoms with Crippen molar-refractivity contribution in [2.75, 3.05) is 13.7 Å². The summed E-state index contributed by atoms with van der Waals surface area (Å²) in [5.74, 6) is 0. The number of nitrogens with zero attached hydrogens (tertiary/aromatic N) is 1. The van der Waals surface area contributed by atoms with Crippen LogP contribution in [-0.4, -0.2) is 18.6 Å². The SMILES string of the molecule is COC(CN)c1sc(-c2ccccc2)nc1C. The Bertz CT molecular complexity index is 477. The van der Waals surface area contributed by atoms with Gasteiger partial charge in [0.25, 0.3) is 0 Å². The molecule has 90 valence electrons. The summed E-state index contributed by atoms with van der Waals surface area (Å²) in [7, 11) is 1.68. The van der Waals surface area contributed by atoms with Crippen molar-refractivity contribution in [1.82, 2.24) is 4.98 Å². The molecule has 0 aliphatic rings. The van der Waals surface area contributed by atoms with E-state index in [2.05, 4.69) is 17.1 Å². The van der Waals surface area contributed by atoms with Crippen LogP contribution in [0.4, 0.5) is 0 Å². The van der Waals surface area contributed by atoms with Crippen molar-refractivity contribution in [1.29, 1.82) is 0 Å². The van der Waals surface area contributed by atoms with Crippen LogP contribution in [0.2, 0.25) is 0 Å². The number of hydrogen-bond donors (Lipinski definition) is 1. The Morgan fingerprint density at radius 2 is 2.06 bits per heavy atom. The van der Waals surface area contributed by atoms with Gasteiger partial charge in [-0.2, -0.15) is 0 Å². The van der Waals surface area contributed by atoms with E-state index in [0.29, 0.717) is 6.54 Å². The van der Waals surface area contributed by atoms with E-state index >= 15 is 0 Å². The second kappa shape index (κ2) is 5.40. The van der Waals surface area contributed by atoms with Gasteiger partial charge >= 0.3 is 0 Å². The molecule has 0 saturated carbocycles. The summed E-state index contributed by atoms with van der Waals surface area (Å²) in [5, 5.41) is 1.02. The van der Waals surface area contributed by atoms with Crippen molar-refractivity contribution in [3.63, 3.8) is 0 Å². The Hall–Kier alpha value is -1.23. The molecule has 0 bridgehead atoms. The highest BCUT2D eigenvalue weighted by Crippen LogP contribution is 2.32. The van der Waals surface area contributed by atoms with E-state index in [9.17, 15) is 0 Å². The first kappa shape index (κ1) is 12.2. The number of ether oxygens (including phenoxy) is 1. The summed E-state index contributed by atoms with van der Waals surface area (Å²) >= 11 is 1.65. The summed E-state index contributed by atoms with van der Waals surface area (Å²) in [6.45, 7) is 2.48. The summed E-state index contributed by atoms with van der Waals surface area (Å²) in [6, 6.07) is 10.2. The van der Waals surface area contributed by atoms with Crippen LogP contribution < -0.4 is 5.73 Å². The fourth-order valence-corrected chi connectivity index (χ4v) is 2.88. The molecule has 1 unspecified atom stereocenters. The van der Waals surface area contributed by atoms with Crippen molar-refractivity contribution in [2.45, 2.75) is 13.0 Å². The van der Waals surface area contributed by atoms with Crippen molar-refractivity contribution in [3.05, 3.63) is 40.9 Å². The predicted octanol–water partition coefficient (Wildman–Crippen LogP) is 2.76. The highest BCUT2D eigenvalue weighted by molar-refractivity contribution is 7.15. The van der Waals surface area contributed by atoms with Gasteiger partial charge in [-0.3, -0.25) is 0 Å². The van der Waals surface area contributed by atoms with Crippen molar-refractivity contribution in [2.24, 2.45) is 5.73 Å². The van der Waals surface area contributed by atoms with E-state index in [1.807, 2.05) is 25.1 Å². The highest BCUT2D eigenvalue weighted by atomic mass is 32.1. The normalized spacial score (nSPS) is 12.6. The molecule has 1 aromatic carbocycles. The van der Waals surface area contributed by atoms with Gasteiger partial charge in [-0.05, 0) is 6.92 Å². The minimum atomic E-state index is -0.0510. The van der Waals surface area contributed by atoms with Gasteiger partial charge in [0.2, 0.25) is 0 Å². The number of hydrogen-bond acceptors (Lipinski definition) is 4. The lowest BCUT2D eigenvalue weighted by atomic mass is 10.2. The standard InChI is InChI=1S/C13H16N2OS/c1-9-12(11(8-14)16-2)17-13(15-9)10-6-4-3-5-7-10/h3-7,11H,8,14H2,1-2H3. The number of thiazole rings is 1. The van der Waals surface area contributed by atoms with Crippen LogP contribution in [0.3, 0.4) is 0 Å². The molecule has 0 aliphatic heterocycles. The monoisotopic (exact) mass is 248 g/mol. The van der Waals surface area contributed by atoms with E-state index in [0.717, 1.165) is 21.1 Å². The summed E-state index contributed by atoms with van der Waals surface area (Å²) in [5.41, 5.74) is 7.83. The number of benzene rings is 1. The number of nitrogens with two attached hydrogens (primary N) is 1. The summed E-state index contributed by atoms with van der Waals surface area (Å²) < 4.78 is 5.36. The lowest BCUT2D eigenvalue weighted by molar-refractivity contribution is 0.113. The quantitative estimate of drug-likeness (QED) is 0.905. The van der Waals surface area contributed by atoms with E-state index in [4.69, 9.17) is 10.5 Å². The zero-order chi connectivity index (χ0) is 12.3. The molecule has 1 aromatic heterocycles. The molecule has 17 heavy (non-hydrogen) atoms. The molecule has 2 N–H and O–H groups in total. The maximum Gasteiger partial charge on any atom is 0.123 e. The molecule has 1 heterocycles. The fourth-order valence-electron chi connectivity index (χ4n) is 1.72. The molecular weight excluding hydrogens is 232 g/mol. The largest absolute Gasteiger partial charge is 0.375 e. The van der Waals surface area contributed by atoms with Crippen LogP contribution in [0.1, 0.15) is 16.7 Å². The number of methoxy groups -OCH3 is 1. The second-order valence-corrected chi connectivity index (χ2v) is 4.83. The summed E-state index contributed by atoms with van der Waals surface area (Å²) in [4.78, 5) is 5.70. The van der Waals surface area contributed by atoms with E-state index < -0.39 is 0 Å². The van der Waals surface area contributed by atoms with Crippen LogP contribution in [0, 0.1) is 6.92 Å². The molecule has 0 amide bonds. The topological polar surface area (TPSA) is 48.1 Å². The molecule has 4 heteroatoms. The predicted molar refractivity (Wildman–Crippen MR) is 71.1 cm³/mol. The molecule has 0 saturated heterocycles. The van der Waals surface area contributed by atoms with Crippen molar-refractivity contribution in [3.8, 4) is 10.6 Å².